The molecule has 1 nitrogen and oxygen atoms in total. The fraction of sp³-hybridized carbons (Fsp3) is 0.571. The Morgan fingerprint density at radius 3 is 2.65 bits per heavy atom. The molecule has 2 atom stereocenters. The highest BCUT2D eigenvalue weighted by Gasteiger charge is 2.14. The molecule has 0 aliphatic heterocycles. The van der Waals surface area contributed by atoms with E-state index >= 15 is 0 Å². The van der Waals surface area contributed by atoms with Gasteiger partial charge in [0, 0.05) is 10.5 Å². The Hall–Kier alpha value is -0.410. The average molecular weight is 302 g/mol. The van der Waals surface area contributed by atoms with E-state index in [1.54, 1.807) is 0 Å². The van der Waals surface area contributed by atoms with Gasteiger partial charge in [0.1, 0.15) is 5.82 Å². The summed E-state index contributed by atoms with van der Waals surface area (Å²) >= 11 is 3.27. The SMILES string of the molecule is CCCNC(C)C(C)Cc1ccc(Br)cc1F. The third kappa shape index (κ3) is 4.76. The molecule has 0 spiro atoms. The normalized spacial score (nSPS) is 14.6. The van der Waals surface area contributed by atoms with Gasteiger partial charge in [0.15, 0.2) is 0 Å². The van der Waals surface area contributed by atoms with Gasteiger partial charge in [0.05, 0.1) is 0 Å². The lowest BCUT2D eigenvalue weighted by atomic mass is 9.94. The summed E-state index contributed by atoms with van der Waals surface area (Å²) in [4.78, 5) is 0. The van der Waals surface area contributed by atoms with Crippen LogP contribution in [0.2, 0.25) is 0 Å². The van der Waals surface area contributed by atoms with Crippen molar-refractivity contribution < 1.29 is 4.39 Å². The minimum absolute atomic E-state index is 0.117. The van der Waals surface area contributed by atoms with Gasteiger partial charge in [0.2, 0.25) is 0 Å². The molecule has 1 rings (SSSR count). The van der Waals surface area contributed by atoms with Gasteiger partial charge in [-0.15, -0.1) is 0 Å². The van der Waals surface area contributed by atoms with Crippen LogP contribution in [0.5, 0.6) is 0 Å². The minimum Gasteiger partial charge on any atom is -0.314 e. The van der Waals surface area contributed by atoms with Crippen molar-refractivity contribution in [1.29, 1.82) is 0 Å². The number of halogens is 2. The van der Waals surface area contributed by atoms with Crippen molar-refractivity contribution >= 4 is 15.9 Å². The Morgan fingerprint density at radius 1 is 1.35 bits per heavy atom. The topological polar surface area (TPSA) is 12.0 Å². The molecular weight excluding hydrogens is 281 g/mol. The maximum Gasteiger partial charge on any atom is 0.127 e. The van der Waals surface area contributed by atoms with E-state index in [9.17, 15) is 4.39 Å². The molecule has 2 unspecified atom stereocenters. The first-order chi connectivity index (χ1) is 8.04. The van der Waals surface area contributed by atoms with E-state index in [0.717, 1.165) is 29.4 Å². The number of nitrogens with one attached hydrogen (secondary N) is 1. The number of hydrogen-bond donors (Lipinski definition) is 1. The molecule has 0 aromatic heterocycles. The molecule has 0 aliphatic rings. The van der Waals surface area contributed by atoms with E-state index in [4.69, 9.17) is 0 Å². The summed E-state index contributed by atoms with van der Waals surface area (Å²) in [6.45, 7) is 7.50. The number of benzene rings is 1. The van der Waals surface area contributed by atoms with Crippen molar-refractivity contribution in [2.24, 2.45) is 5.92 Å². The maximum atomic E-state index is 13.7. The molecule has 0 radical (unpaired) electrons. The summed E-state index contributed by atoms with van der Waals surface area (Å²) in [5, 5.41) is 3.45. The highest BCUT2D eigenvalue weighted by molar-refractivity contribution is 9.10. The van der Waals surface area contributed by atoms with Crippen molar-refractivity contribution in [3.8, 4) is 0 Å². The third-order valence-electron chi connectivity index (χ3n) is 3.13. The second-order valence-electron chi connectivity index (χ2n) is 4.66. The van der Waals surface area contributed by atoms with Crippen LogP contribution in [0.4, 0.5) is 4.39 Å². The molecule has 1 aromatic carbocycles. The van der Waals surface area contributed by atoms with Crippen LogP contribution in [0.1, 0.15) is 32.8 Å². The van der Waals surface area contributed by atoms with Gasteiger partial charge in [-0.3, -0.25) is 0 Å². The van der Waals surface area contributed by atoms with Gasteiger partial charge >= 0.3 is 0 Å². The van der Waals surface area contributed by atoms with Crippen molar-refractivity contribution in [3.05, 3.63) is 34.1 Å². The Kier molecular flexibility index (Phi) is 6.14. The first-order valence-electron chi connectivity index (χ1n) is 6.22. The van der Waals surface area contributed by atoms with Crippen LogP contribution >= 0.6 is 15.9 Å². The van der Waals surface area contributed by atoms with E-state index in [-0.39, 0.29) is 5.82 Å². The van der Waals surface area contributed by atoms with E-state index in [1.807, 2.05) is 12.1 Å². The van der Waals surface area contributed by atoms with Gasteiger partial charge < -0.3 is 5.32 Å². The van der Waals surface area contributed by atoms with Gasteiger partial charge in [0.25, 0.3) is 0 Å². The number of hydrogen-bond acceptors (Lipinski definition) is 1. The molecular formula is C14H21BrFN. The molecule has 1 N–H and O–H groups in total. The van der Waals surface area contributed by atoms with E-state index < -0.39 is 0 Å². The van der Waals surface area contributed by atoms with Crippen molar-refractivity contribution in [3.63, 3.8) is 0 Å². The van der Waals surface area contributed by atoms with Crippen LogP contribution in [-0.4, -0.2) is 12.6 Å². The van der Waals surface area contributed by atoms with Crippen LogP contribution in [0.3, 0.4) is 0 Å². The molecule has 1 aromatic rings. The molecule has 0 aliphatic carbocycles. The molecule has 0 fully saturated rings. The van der Waals surface area contributed by atoms with Crippen molar-refractivity contribution in [2.75, 3.05) is 6.54 Å². The maximum absolute atomic E-state index is 13.7. The Labute approximate surface area is 112 Å². The molecule has 0 saturated heterocycles. The predicted molar refractivity (Wildman–Crippen MR) is 74.7 cm³/mol. The van der Waals surface area contributed by atoms with Crippen LogP contribution < -0.4 is 5.32 Å². The lowest BCUT2D eigenvalue weighted by molar-refractivity contribution is 0.394. The first kappa shape index (κ1) is 14.7. The van der Waals surface area contributed by atoms with Gasteiger partial charge in [-0.05, 0) is 49.9 Å². The Balaban J connectivity index is 2.58. The molecule has 0 bridgehead atoms. The monoisotopic (exact) mass is 301 g/mol. The third-order valence-corrected chi connectivity index (χ3v) is 3.62. The zero-order chi connectivity index (χ0) is 12.8. The largest absolute Gasteiger partial charge is 0.314 e. The smallest absolute Gasteiger partial charge is 0.127 e. The van der Waals surface area contributed by atoms with Crippen LogP contribution in [0.15, 0.2) is 22.7 Å². The average Bonchev–Trinajstić information content (AvgIpc) is 2.29. The van der Waals surface area contributed by atoms with Gasteiger partial charge in [-0.25, -0.2) is 4.39 Å². The summed E-state index contributed by atoms with van der Waals surface area (Å²) in [5.41, 5.74) is 0.797. The van der Waals surface area contributed by atoms with Crippen molar-refractivity contribution in [1.82, 2.24) is 5.32 Å². The number of rotatable bonds is 6. The summed E-state index contributed by atoms with van der Waals surface area (Å²) in [6, 6.07) is 5.71. The molecule has 0 saturated carbocycles. The van der Waals surface area contributed by atoms with Gasteiger partial charge in [-0.1, -0.05) is 35.8 Å². The summed E-state index contributed by atoms with van der Waals surface area (Å²) in [6.07, 6.45) is 1.90. The molecule has 96 valence electrons. The minimum atomic E-state index is -0.117. The van der Waals surface area contributed by atoms with Gasteiger partial charge in [-0.2, -0.15) is 0 Å². The van der Waals surface area contributed by atoms with Crippen LogP contribution in [0.25, 0.3) is 0 Å². The van der Waals surface area contributed by atoms with Crippen molar-refractivity contribution in [2.45, 2.75) is 39.7 Å². The van der Waals surface area contributed by atoms with E-state index in [1.165, 1.54) is 6.07 Å². The van der Waals surface area contributed by atoms with Crippen LogP contribution in [-0.2, 0) is 6.42 Å². The highest BCUT2D eigenvalue weighted by atomic mass is 79.9. The zero-order valence-corrected chi connectivity index (χ0v) is 12.3. The fourth-order valence-electron chi connectivity index (χ4n) is 1.78. The first-order valence-corrected chi connectivity index (χ1v) is 7.01. The Morgan fingerprint density at radius 2 is 2.06 bits per heavy atom. The standard InChI is InChI=1S/C14H21BrFN/c1-4-7-17-11(3)10(2)8-12-5-6-13(15)9-14(12)16/h5-6,9-11,17H,4,7-8H2,1-3H3. The quantitative estimate of drug-likeness (QED) is 0.832. The molecule has 3 heteroatoms. The second kappa shape index (κ2) is 7.12. The zero-order valence-electron chi connectivity index (χ0n) is 10.8. The summed E-state index contributed by atoms with van der Waals surface area (Å²) in [7, 11) is 0. The summed E-state index contributed by atoms with van der Waals surface area (Å²) < 4.78 is 14.5. The molecule has 0 heterocycles. The van der Waals surface area contributed by atoms with E-state index in [0.29, 0.717) is 12.0 Å². The van der Waals surface area contributed by atoms with Crippen LogP contribution in [0, 0.1) is 11.7 Å². The summed E-state index contributed by atoms with van der Waals surface area (Å²) in [5.74, 6) is 0.311. The predicted octanol–water partition coefficient (Wildman–Crippen LogP) is 4.15. The second-order valence-corrected chi connectivity index (χ2v) is 5.58. The lowest BCUT2D eigenvalue weighted by Gasteiger charge is -2.21. The molecule has 17 heavy (non-hydrogen) atoms. The fourth-order valence-corrected chi connectivity index (χ4v) is 2.12. The Bertz CT molecular complexity index is 354. The highest BCUT2D eigenvalue weighted by Crippen LogP contribution is 2.19. The molecule has 0 amide bonds. The van der Waals surface area contributed by atoms with E-state index in [2.05, 4.69) is 42.0 Å². The lowest BCUT2D eigenvalue weighted by Crippen LogP contribution is -2.33.